The summed E-state index contributed by atoms with van der Waals surface area (Å²) < 4.78 is 53.0. The number of benzene rings is 2. The molecule has 0 heterocycles. The van der Waals surface area contributed by atoms with Crippen molar-refractivity contribution >= 4 is 31.6 Å². The molecule has 3 nitrogen and oxygen atoms in total. The zero-order valence-corrected chi connectivity index (χ0v) is 13.7. The van der Waals surface area contributed by atoms with E-state index in [1.807, 2.05) is 0 Å². The molecule has 0 radical (unpaired) electrons. The minimum absolute atomic E-state index is 0.152. The van der Waals surface area contributed by atoms with Crippen LogP contribution in [-0.2, 0) is 10.0 Å². The number of hydrogen-bond donors (Lipinski definition) is 0. The molecule has 2 aromatic carbocycles. The van der Waals surface area contributed by atoms with Gasteiger partial charge in [0.2, 0.25) is 0 Å². The standard InChI is InChI=1S/C14H12BrF2NO2S/c1-9-5-3-4-6-13(9)18(2)21(19,20)14-11(15)7-10(16)8-12(14)17/h3-8H,1-2H3. The Morgan fingerprint density at radius 3 is 2.33 bits per heavy atom. The van der Waals surface area contributed by atoms with Gasteiger partial charge < -0.3 is 0 Å². The predicted octanol–water partition coefficient (Wildman–Crippen LogP) is 3.86. The SMILES string of the molecule is Cc1ccccc1N(C)S(=O)(=O)c1c(F)cc(F)cc1Br. The van der Waals surface area contributed by atoms with Crippen LogP contribution < -0.4 is 4.31 Å². The molecule has 0 fully saturated rings. The van der Waals surface area contributed by atoms with Crippen molar-refractivity contribution in [1.29, 1.82) is 0 Å². The average molecular weight is 376 g/mol. The molecule has 112 valence electrons. The summed E-state index contributed by atoms with van der Waals surface area (Å²) >= 11 is 2.91. The Morgan fingerprint density at radius 2 is 1.76 bits per heavy atom. The summed E-state index contributed by atoms with van der Waals surface area (Å²) in [5.74, 6) is -1.99. The quantitative estimate of drug-likeness (QED) is 0.816. The summed E-state index contributed by atoms with van der Waals surface area (Å²) in [7, 11) is -2.82. The van der Waals surface area contributed by atoms with Gasteiger partial charge in [-0.25, -0.2) is 17.2 Å². The lowest BCUT2D eigenvalue weighted by Gasteiger charge is -2.22. The minimum atomic E-state index is -4.15. The largest absolute Gasteiger partial charge is 0.269 e. The third kappa shape index (κ3) is 2.94. The average Bonchev–Trinajstić information content (AvgIpc) is 2.36. The van der Waals surface area contributed by atoms with E-state index in [2.05, 4.69) is 15.9 Å². The maximum absolute atomic E-state index is 13.9. The monoisotopic (exact) mass is 375 g/mol. The van der Waals surface area contributed by atoms with Crippen molar-refractivity contribution in [3.8, 4) is 0 Å². The maximum Gasteiger partial charge on any atom is 0.268 e. The molecule has 21 heavy (non-hydrogen) atoms. The Kier molecular flexibility index (Phi) is 4.34. The Hall–Kier alpha value is -1.47. The van der Waals surface area contributed by atoms with Crippen LogP contribution in [0.1, 0.15) is 5.56 Å². The van der Waals surface area contributed by atoms with E-state index >= 15 is 0 Å². The highest BCUT2D eigenvalue weighted by molar-refractivity contribution is 9.10. The van der Waals surface area contributed by atoms with Crippen LogP contribution in [0.3, 0.4) is 0 Å². The number of hydrogen-bond acceptors (Lipinski definition) is 2. The molecular weight excluding hydrogens is 364 g/mol. The number of rotatable bonds is 3. The molecule has 2 rings (SSSR count). The molecule has 0 amide bonds. The van der Waals surface area contributed by atoms with Gasteiger partial charge in [-0.05, 0) is 40.5 Å². The first-order valence-electron chi connectivity index (χ1n) is 5.94. The van der Waals surface area contributed by atoms with E-state index in [1.54, 1.807) is 31.2 Å². The molecule has 0 unspecified atom stereocenters. The van der Waals surface area contributed by atoms with Crippen molar-refractivity contribution in [3.05, 3.63) is 58.1 Å². The van der Waals surface area contributed by atoms with Crippen molar-refractivity contribution < 1.29 is 17.2 Å². The topological polar surface area (TPSA) is 37.4 Å². The van der Waals surface area contributed by atoms with Crippen LogP contribution in [-0.4, -0.2) is 15.5 Å². The van der Waals surface area contributed by atoms with E-state index < -0.39 is 26.6 Å². The predicted molar refractivity (Wildman–Crippen MR) is 80.8 cm³/mol. The molecular formula is C14H12BrF2NO2S. The van der Waals surface area contributed by atoms with Gasteiger partial charge >= 0.3 is 0 Å². The number of halogens is 3. The van der Waals surface area contributed by atoms with Gasteiger partial charge in [0.15, 0.2) is 0 Å². The lowest BCUT2D eigenvalue weighted by atomic mass is 10.2. The van der Waals surface area contributed by atoms with E-state index in [9.17, 15) is 17.2 Å². The number of para-hydroxylation sites is 1. The van der Waals surface area contributed by atoms with Gasteiger partial charge in [0.25, 0.3) is 10.0 Å². The first kappa shape index (κ1) is 15.9. The van der Waals surface area contributed by atoms with Crippen molar-refractivity contribution in [2.45, 2.75) is 11.8 Å². The zero-order chi connectivity index (χ0) is 15.8. The molecule has 0 spiro atoms. The number of sulfonamides is 1. The highest BCUT2D eigenvalue weighted by Gasteiger charge is 2.29. The van der Waals surface area contributed by atoms with E-state index in [-0.39, 0.29) is 4.47 Å². The molecule has 0 saturated heterocycles. The Labute approximate surface area is 130 Å². The van der Waals surface area contributed by atoms with Gasteiger partial charge in [-0.15, -0.1) is 0 Å². The summed E-state index contributed by atoms with van der Waals surface area (Å²) in [5, 5.41) is 0. The second-order valence-electron chi connectivity index (χ2n) is 4.46. The second-order valence-corrected chi connectivity index (χ2v) is 7.22. The first-order chi connectivity index (χ1) is 9.75. The molecule has 0 aliphatic rings. The molecule has 2 aromatic rings. The lowest BCUT2D eigenvalue weighted by Crippen LogP contribution is -2.28. The molecule has 0 aliphatic heterocycles. The van der Waals surface area contributed by atoms with Crippen LogP contribution >= 0.6 is 15.9 Å². The number of nitrogens with zero attached hydrogens (tertiary/aromatic N) is 1. The Balaban J connectivity index is 2.61. The van der Waals surface area contributed by atoms with E-state index in [0.717, 1.165) is 15.9 Å². The van der Waals surface area contributed by atoms with Gasteiger partial charge in [0.05, 0.1) is 5.69 Å². The third-order valence-corrected chi connectivity index (χ3v) is 5.77. The van der Waals surface area contributed by atoms with Crippen molar-refractivity contribution in [3.63, 3.8) is 0 Å². The van der Waals surface area contributed by atoms with Gasteiger partial charge in [0.1, 0.15) is 16.5 Å². The van der Waals surface area contributed by atoms with Crippen molar-refractivity contribution in [2.75, 3.05) is 11.4 Å². The summed E-state index contributed by atoms with van der Waals surface area (Å²) in [4.78, 5) is -0.588. The van der Waals surface area contributed by atoms with E-state index in [4.69, 9.17) is 0 Å². The third-order valence-electron chi connectivity index (χ3n) is 3.04. The molecule has 0 aliphatic carbocycles. The van der Waals surface area contributed by atoms with Crippen LogP contribution in [0.5, 0.6) is 0 Å². The highest BCUT2D eigenvalue weighted by atomic mass is 79.9. The molecule has 7 heteroatoms. The van der Waals surface area contributed by atoms with Crippen LogP contribution in [0, 0.1) is 18.6 Å². The molecule has 0 N–H and O–H groups in total. The van der Waals surface area contributed by atoms with Gasteiger partial charge in [-0.2, -0.15) is 0 Å². The van der Waals surface area contributed by atoms with Crippen LogP contribution in [0.15, 0.2) is 45.8 Å². The lowest BCUT2D eigenvalue weighted by molar-refractivity contribution is 0.546. The molecule has 0 atom stereocenters. The van der Waals surface area contributed by atoms with E-state index in [0.29, 0.717) is 11.8 Å². The molecule has 0 aromatic heterocycles. The van der Waals surface area contributed by atoms with Crippen molar-refractivity contribution in [2.24, 2.45) is 0 Å². The smallest absolute Gasteiger partial charge is 0.268 e. The normalized spacial score (nSPS) is 11.5. The van der Waals surface area contributed by atoms with Crippen molar-refractivity contribution in [1.82, 2.24) is 0 Å². The Bertz CT molecular complexity index is 770. The second kappa shape index (κ2) is 5.73. The Morgan fingerprint density at radius 1 is 1.14 bits per heavy atom. The van der Waals surface area contributed by atoms with Crippen LogP contribution in [0.25, 0.3) is 0 Å². The van der Waals surface area contributed by atoms with Gasteiger partial charge in [-0.3, -0.25) is 4.31 Å². The maximum atomic E-state index is 13.9. The summed E-state index contributed by atoms with van der Waals surface area (Å²) in [5.41, 5.74) is 1.15. The fraction of sp³-hybridized carbons (Fsp3) is 0.143. The molecule has 0 saturated carbocycles. The zero-order valence-electron chi connectivity index (χ0n) is 11.3. The van der Waals surface area contributed by atoms with Gasteiger partial charge in [-0.1, -0.05) is 18.2 Å². The number of aryl methyl sites for hydroxylation is 1. The van der Waals surface area contributed by atoms with Crippen LogP contribution in [0.4, 0.5) is 14.5 Å². The van der Waals surface area contributed by atoms with E-state index in [1.165, 1.54) is 7.05 Å². The summed E-state index contributed by atoms with van der Waals surface area (Å²) in [6.45, 7) is 1.75. The van der Waals surface area contributed by atoms with Gasteiger partial charge in [0, 0.05) is 17.6 Å². The van der Waals surface area contributed by atoms with Crippen LogP contribution in [0.2, 0.25) is 0 Å². The highest BCUT2D eigenvalue weighted by Crippen LogP contribution is 2.31. The molecule has 0 bridgehead atoms. The summed E-state index contributed by atoms with van der Waals surface area (Å²) in [6, 6.07) is 8.28. The fourth-order valence-electron chi connectivity index (χ4n) is 1.96. The number of anilines is 1. The summed E-state index contributed by atoms with van der Waals surface area (Å²) in [6.07, 6.45) is 0. The fourth-order valence-corrected chi connectivity index (χ4v) is 4.33. The first-order valence-corrected chi connectivity index (χ1v) is 8.17. The minimum Gasteiger partial charge on any atom is -0.269 e.